The molecular weight excluding hydrogens is 372 g/mol. The fourth-order valence-corrected chi connectivity index (χ4v) is 4.01. The van der Waals surface area contributed by atoms with E-state index in [4.69, 9.17) is 11.6 Å². The third-order valence-corrected chi connectivity index (χ3v) is 5.85. The summed E-state index contributed by atoms with van der Waals surface area (Å²) in [5.41, 5.74) is 3.25. The van der Waals surface area contributed by atoms with Crippen LogP contribution in [0.15, 0.2) is 42.5 Å². The molecular formula is C19H23ClN2O3S. The van der Waals surface area contributed by atoms with Crippen molar-refractivity contribution in [3.05, 3.63) is 64.2 Å². The third-order valence-electron chi connectivity index (χ3n) is 4.24. The van der Waals surface area contributed by atoms with Gasteiger partial charge < -0.3 is 5.32 Å². The zero-order valence-electron chi connectivity index (χ0n) is 15.3. The first-order valence-electron chi connectivity index (χ1n) is 8.19. The van der Waals surface area contributed by atoms with E-state index in [1.54, 1.807) is 31.2 Å². The largest absolute Gasteiger partial charge is 0.350 e. The molecule has 26 heavy (non-hydrogen) atoms. The van der Waals surface area contributed by atoms with E-state index in [2.05, 4.69) is 5.32 Å². The molecule has 0 aliphatic carbocycles. The molecule has 0 saturated carbocycles. The van der Waals surface area contributed by atoms with Crippen molar-refractivity contribution in [1.82, 2.24) is 5.32 Å². The number of anilines is 1. The average molecular weight is 395 g/mol. The number of nitrogens with one attached hydrogen (secondary N) is 1. The fourth-order valence-electron chi connectivity index (χ4n) is 2.64. The molecule has 0 saturated heterocycles. The van der Waals surface area contributed by atoms with E-state index in [1.165, 1.54) is 0 Å². The van der Waals surface area contributed by atoms with Crippen molar-refractivity contribution in [2.75, 3.05) is 10.6 Å². The summed E-state index contributed by atoms with van der Waals surface area (Å²) in [7, 11) is -3.64. The van der Waals surface area contributed by atoms with Crippen LogP contribution in [0.3, 0.4) is 0 Å². The molecule has 0 aliphatic rings. The topological polar surface area (TPSA) is 66.5 Å². The first-order valence-corrected chi connectivity index (χ1v) is 10.4. The fraction of sp³-hybridized carbons (Fsp3) is 0.316. The van der Waals surface area contributed by atoms with Gasteiger partial charge in [0.05, 0.1) is 11.9 Å². The Hall–Kier alpha value is -2.05. The van der Waals surface area contributed by atoms with Crippen molar-refractivity contribution in [2.24, 2.45) is 0 Å². The third kappa shape index (κ3) is 4.77. The van der Waals surface area contributed by atoms with E-state index in [0.717, 1.165) is 27.3 Å². The van der Waals surface area contributed by atoms with Gasteiger partial charge in [-0.25, -0.2) is 8.42 Å². The molecule has 2 aromatic carbocycles. The molecule has 1 atom stereocenters. The van der Waals surface area contributed by atoms with Crippen molar-refractivity contribution in [3.8, 4) is 0 Å². The quantitative estimate of drug-likeness (QED) is 0.816. The SMILES string of the molecule is Cc1ccc(N([C@H](C)C(=O)NCc2ccccc2Cl)S(C)(=O)=O)cc1C. The highest BCUT2D eigenvalue weighted by atomic mass is 35.5. The maximum absolute atomic E-state index is 12.6. The summed E-state index contributed by atoms with van der Waals surface area (Å²) >= 11 is 6.09. The Balaban J connectivity index is 2.23. The molecule has 0 heterocycles. The van der Waals surface area contributed by atoms with Gasteiger partial charge in [0.1, 0.15) is 6.04 Å². The van der Waals surface area contributed by atoms with Crippen LogP contribution < -0.4 is 9.62 Å². The standard InChI is InChI=1S/C19H23ClN2O3S/c1-13-9-10-17(11-14(13)2)22(26(4,24)25)15(3)19(23)21-12-16-7-5-6-8-18(16)20/h5-11,15H,12H2,1-4H3,(H,21,23)/t15-/m1/s1. The lowest BCUT2D eigenvalue weighted by Crippen LogP contribution is -2.47. The molecule has 0 aromatic heterocycles. The minimum absolute atomic E-state index is 0.230. The number of amides is 1. The summed E-state index contributed by atoms with van der Waals surface area (Å²) in [6.45, 7) is 5.65. The predicted octanol–water partition coefficient (Wildman–Crippen LogP) is 3.43. The molecule has 140 valence electrons. The summed E-state index contributed by atoms with van der Waals surface area (Å²) in [5, 5.41) is 3.31. The minimum atomic E-state index is -3.64. The van der Waals surface area contributed by atoms with Crippen LogP contribution in [0.1, 0.15) is 23.6 Å². The zero-order chi connectivity index (χ0) is 19.5. The van der Waals surface area contributed by atoms with Crippen molar-refractivity contribution >= 4 is 33.2 Å². The Labute approximate surface area is 160 Å². The minimum Gasteiger partial charge on any atom is -0.350 e. The summed E-state index contributed by atoms with van der Waals surface area (Å²) < 4.78 is 25.8. The van der Waals surface area contributed by atoms with Crippen LogP contribution >= 0.6 is 11.6 Å². The number of hydrogen-bond donors (Lipinski definition) is 1. The lowest BCUT2D eigenvalue weighted by Gasteiger charge is -2.28. The molecule has 0 radical (unpaired) electrons. The van der Waals surface area contributed by atoms with Crippen molar-refractivity contribution in [2.45, 2.75) is 33.4 Å². The van der Waals surface area contributed by atoms with Crippen LogP contribution in [0.2, 0.25) is 5.02 Å². The molecule has 0 bridgehead atoms. The first-order chi connectivity index (χ1) is 12.1. The number of aryl methyl sites for hydroxylation is 2. The second kappa shape index (κ2) is 8.10. The number of carbonyl (C=O) groups is 1. The van der Waals surface area contributed by atoms with E-state index in [0.29, 0.717) is 10.7 Å². The molecule has 2 aromatic rings. The highest BCUT2D eigenvalue weighted by Gasteiger charge is 2.29. The molecule has 7 heteroatoms. The number of hydrogen-bond acceptors (Lipinski definition) is 3. The number of benzene rings is 2. The Bertz CT molecular complexity index is 913. The highest BCUT2D eigenvalue weighted by molar-refractivity contribution is 7.92. The van der Waals surface area contributed by atoms with Crippen molar-refractivity contribution in [1.29, 1.82) is 0 Å². The second-order valence-corrected chi connectivity index (χ2v) is 8.58. The van der Waals surface area contributed by atoms with Gasteiger partial charge in [-0.1, -0.05) is 35.9 Å². The summed E-state index contributed by atoms with van der Waals surface area (Å²) in [6.07, 6.45) is 1.10. The monoisotopic (exact) mass is 394 g/mol. The van der Waals surface area contributed by atoms with Gasteiger partial charge in [-0.2, -0.15) is 0 Å². The van der Waals surface area contributed by atoms with Gasteiger partial charge in [0, 0.05) is 11.6 Å². The predicted molar refractivity (Wildman–Crippen MR) is 106 cm³/mol. The normalized spacial score (nSPS) is 12.5. The molecule has 0 unspecified atom stereocenters. The van der Waals surface area contributed by atoms with Gasteiger partial charge in [0.25, 0.3) is 0 Å². The molecule has 1 amide bonds. The maximum atomic E-state index is 12.6. The van der Waals surface area contributed by atoms with E-state index in [1.807, 2.05) is 32.0 Å². The van der Waals surface area contributed by atoms with Crippen molar-refractivity contribution in [3.63, 3.8) is 0 Å². The Morgan fingerprint density at radius 3 is 2.38 bits per heavy atom. The summed E-state index contributed by atoms with van der Waals surface area (Å²) in [5.74, 6) is -0.395. The van der Waals surface area contributed by atoms with Crippen LogP contribution in [0.4, 0.5) is 5.69 Å². The molecule has 0 spiro atoms. The van der Waals surface area contributed by atoms with Crippen LogP contribution in [-0.2, 0) is 21.4 Å². The van der Waals surface area contributed by atoms with Gasteiger partial charge in [0.2, 0.25) is 15.9 Å². The van der Waals surface area contributed by atoms with Crippen molar-refractivity contribution < 1.29 is 13.2 Å². The number of rotatable bonds is 6. The van der Waals surface area contributed by atoms with Crippen LogP contribution in [0.25, 0.3) is 0 Å². The maximum Gasteiger partial charge on any atom is 0.243 e. The molecule has 1 N–H and O–H groups in total. The molecule has 0 aliphatic heterocycles. The summed E-state index contributed by atoms with van der Waals surface area (Å²) in [4.78, 5) is 12.6. The van der Waals surface area contributed by atoms with Gasteiger partial charge in [-0.3, -0.25) is 9.10 Å². The van der Waals surface area contributed by atoms with Gasteiger partial charge in [0.15, 0.2) is 0 Å². The Morgan fingerprint density at radius 2 is 1.81 bits per heavy atom. The second-order valence-electron chi connectivity index (χ2n) is 6.31. The number of carbonyl (C=O) groups excluding carboxylic acids is 1. The zero-order valence-corrected chi connectivity index (χ0v) is 16.9. The Morgan fingerprint density at radius 1 is 1.15 bits per heavy atom. The number of halogens is 1. The van der Waals surface area contributed by atoms with Crippen LogP contribution in [0, 0.1) is 13.8 Å². The van der Waals surface area contributed by atoms with E-state index >= 15 is 0 Å². The van der Waals surface area contributed by atoms with E-state index in [-0.39, 0.29) is 6.54 Å². The highest BCUT2D eigenvalue weighted by Crippen LogP contribution is 2.24. The van der Waals surface area contributed by atoms with E-state index in [9.17, 15) is 13.2 Å². The number of sulfonamides is 1. The van der Waals surface area contributed by atoms with Gasteiger partial charge in [-0.15, -0.1) is 0 Å². The molecule has 2 rings (SSSR count). The van der Waals surface area contributed by atoms with Crippen LogP contribution in [0.5, 0.6) is 0 Å². The Kier molecular flexibility index (Phi) is 6.31. The van der Waals surface area contributed by atoms with E-state index < -0.39 is 22.0 Å². The number of nitrogens with zero attached hydrogens (tertiary/aromatic N) is 1. The smallest absolute Gasteiger partial charge is 0.243 e. The van der Waals surface area contributed by atoms with Gasteiger partial charge >= 0.3 is 0 Å². The average Bonchev–Trinajstić information content (AvgIpc) is 2.56. The molecule has 5 nitrogen and oxygen atoms in total. The summed E-state index contributed by atoms with van der Waals surface area (Å²) in [6, 6.07) is 11.6. The van der Waals surface area contributed by atoms with Crippen LogP contribution in [-0.4, -0.2) is 26.6 Å². The first kappa shape index (κ1) is 20.3. The van der Waals surface area contributed by atoms with Gasteiger partial charge in [-0.05, 0) is 55.7 Å². The lowest BCUT2D eigenvalue weighted by molar-refractivity contribution is -0.122. The lowest BCUT2D eigenvalue weighted by atomic mass is 10.1. The molecule has 0 fully saturated rings.